The van der Waals surface area contributed by atoms with Crippen LogP contribution in [0.1, 0.15) is 42.0 Å². The number of likely N-dealkylation sites (tertiary alicyclic amines) is 2. The molecule has 0 spiro atoms. The van der Waals surface area contributed by atoms with Gasteiger partial charge in [-0.3, -0.25) is 9.59 Å². The number of quaternary nitrogens is 1. The van der Waals surface area contributed by atoms with Gasteiger partial charge in [-0.15, -0.1) is 0 Å². The summed E-state index contributed by atoms with van der Waals surface area (Å²) >= 11 is 0. The van der Waals surface area contributed by atoms with Crippen LogP contribution in [0.15, 0.2) is 59.0 Å². The highest BCUT2D eigenvalue weighted by atomic mass is 32.2. The van der Waals surface area contributed by atoms with Crippen LogP contribution in [0, 0.1) is 6.92 Å². The minimum Gasteiger partial charge on any atom is -0.507 e. The molecule has 0 aromatic heterocycles. The number of piperidine rings is 1. The highest BCUT2D eigenvalue weighted by Crippen LogP contribution is 2.39. The summed E-state index contributed by atoms with van der Waals surface area (Å²) in [5.74, 6) is -1.65. The van der Waals surface area contributed by atoms with Crippen LogP contribution in [-0.4, -0.2) is 74.7 Å². The highest BCUT2D eigenvalue weighted by Gasteiger charge is 2.46. The topological polar surface area (TPSA) is 99.4 Å². The van der Waals surface area contributed by atoms with Crippen LogP contribution in [0.4, 0.5) is 0 Å². The van der Waals surface area contributed by atoms with Crippen molar-refractivity contribution in [3.05, 3.63) is 70.8 Å². The maximum Gasteiger partial charge on any atom is 0.295 e. The third-order valence-corrected chi connectivity index (χ3v) is 8.94. The Hall–Kier alpha value is -3.01. The molecule has 4 rings (SSSR count). The minimum atomic E-state index is -3.64. The average Bonchev–Trinajstić information content (AvgIpc) is 3.13. The molecule has 8 nitrogen and oxygen atoms in total. The fraction of sp³-hybridized carbons (Fsp3) is 0.407. The maximum absolute atomic E-state index is 13.2. The van der Waals surface area contributed by atoms with Gasteiger partial charge in [0.25, 0.3) is 11.7 Å². The number of benzene rings is 2. The number of aliphatic hydroxyl groups is 1. The van der Waals surface area contributed by atoms with Gasteiger partial charge in [-0.05, 0) is 56.0 Å². The van der Waals surface area contributed by atoms with E-state index in [-0.39, 0.29) is 21.8 Å². The van der Waals surface area contributed by atoms with Gasteiger partial charge in [0, 0.05) is 19.7 Å². The third-order valence-electron chi connectivity index (χ3n) is 7.11. The lowest BCUT2D eigenvalue weighted by Gasteiger charge is -2.29. The van der Waals surface area contributed by atoms with E-state index in [0.717, 1.165) is 47.9 Å². The zero-order valence-corrected chi connectivity index (χ0v) is 21.8. The standard InChI is InChI=1S/C27H33N3O5S/c1-19-7-9-20(10-8-19)24-23(25(31)21-11-13-22(14-12-21)36(34,35)28(2)3)26(32)27(33)30(24)18-17-29-15-5-4-6-16-29/h7-14,24,31H,4-6,15-18H2,1-3H3/p+1/t24-/m0/s1. The van der Waals surface area contributed by atoms with E-state index < -0.39 is 27.8 Å². The van der Waals surface area contributed by atoms with Crippen molar-refractivity contribution in [3.63, 3.8) is 0 Å². The number of hydrogen-bond acceptors (Lipinski definition) is 5. The second-order valence-electron chi connectivity index (χ2n) is 9.78. The molecule has 0 unspecified atom stereocenters. The van der Waals surface area contributed by atoms with E-state index in [4.69, 9.17) is 0 Å². The van der Waals surface area contributed by atoms with E-state index in [9.17, 15) is 23.1 Å². The van der Waals surface area contributed by atoms with Gasteiger partial charge >= 0.3 is 0 Å². The summed E-state index contributed by atoms with van der Waals surface area (Å²) in [5.41, 5.74) is 2.11. The lowest BCUT2D eigenvalue weighted by atomic mass is 9.95. The smallest absolute Gasteiger partial charge is 0.295 e. The molecule has 0 bridgehead atoms. The minimum absolute atomic E-state index is 0.0284. The van der Waals surface area contributed by atoms with E-state index in [1.807, 2.05) is 31.2 Å². The molecule has 0 aliphatic carbocycles. The summed E-state index contributed by atoms with van der Waals surface area (Å²) in [4.78, 5) is 29.5. The predicted octanol–water partition coefficient (Wildman–Crippen LogP) is 1.74. The van der Waals surface area contributed by atoms with Crippen molar-refractivity contribution < 1.29 is 28.0 Å². The van der Waals surface area contributed by atoms with Gasteiger partial charge in [0.2, 0.25) is 10.0 Å². The van der Waals surface area contributed by atoms with Crippen LogP contribution < -0.4 is 4.90 Å². The first-order chi connectivity index (χ1) is 17.1. The summed E-state index contributed by atoms with van der Waals surface area (Å²) in [7, 11) is -0.754. The summed E-state index contributed by atoms with van der Waals surface area (Å²) < 4.78 is 25.9. The Morgan fingerprint density at radius 3 is 2.19 bits per heavy atom. The van der Waals surface area contributed by atoms with Crippen molar-refractivity contribution in [2.45, 2.75) is 37.1 Å². The largest absolute Gasteiger partial charge is 0.507 e. The molecule has 2 aliphatic heterocycles. The van der Waals surface area contributed by atoms with E-state index in [1.165, 1.54) is 49.7 Å². The molecule has 0 saturated carbocycles. The molecular formula is C27H34N3O5S+. The van der Waals surface area contributed by atoms with Gasteiger partial charge in [0.05, 0.1) is 42.7 Å². The third kappa shape index (κ3) is 5.09. The molecule has 2 heterocycles. The lowest BCUT2D eigenvalue weighted by Crippen LogP contribution is -3.13. The van der Waals surface area contributed by atoms with Crippen molar-refractivity contribution in [1.82, 2.24) is 9.21 Å². The zero-order chi connectivity index (χ0) is 26.0. The molecule has 0 radical (unpaired) electrons. The quantitative estimate of drug-likeness (QED) is 0.335. The molecule has 1 amide bonds. The number of ketones is 1. The molecule has 1 atom stereocenters. The van der Waals surface area contributed by atoms with Crippen LogP contribution in [0.3, 0.4) is 0 Å². The molecule has 9 heteroatoms. The SMILES string of the molecule is Cc1ccc([C@H]2C(=C(O)c3ccc(S(=O)(=O)N(C)C)cc3)C(=O)C(=O)N2CC[NH+]2CCCCC2)cc1. The molecule has 2 N–H and O–H groups in total. The Morgan fingerprint density at radius 2 is 1.61 bits per heavy atom. The lowest BCUT2D eigenvalue weighted by molar-refractivity contribution is -0.904. The van der Waals surface area contributed by atoms with Crippen molar-refractivity contribution in [1.29, 1.82) is 0 Å². The summed E-state index contributed by atoms with van der Waals surface area (Å²) in [6.45, 7) is 5.23. The zero-order valence-electron chi connectivity index (χ0n) is 21.0. The number of nitrogens with one attached hydrogen (secondary N) is 1. The number of sulfonamides is 1. The van der Waals surface area contributed by atoms with Gasteiger partial charge in [0.1, 0.15) is 5.76 Å². The normalized spacial score (nSPS) is 20.9. The first kappa shape index (κ1) is 26.1. The van der Waals surface area contributed by atoms with Crippen molar-refractivity contribution in [2.24, 2.45) is 0 Å². The number of rotatable bonds is 7. The number of amides is 1. The maximum atomic E-state index is 13.2. The number of hydrogen-bond donors (Lipinski definition) is 2. The number of aliphatic hydroxyl groups excluding tert-OH is 1. The fourth-order valence-electron chi connectivity index (χ4n) is 4.94. The molecule has 36 heavy (non-hydrogen) atoms. The molecular weight excluding hydrogens is 478 g/mol. The van der Waals surface area contributed by atoms with Gasteiger partial charge in [-0.2, -0.15) is 0 Å². The van der Waals surface area contributed by atoms with E-state index >= 15 is 0 Å². The summed E-state index contributed by atoms with van der Waals surface area (Å²) in [6, 6.07) is 12.6. The van der Waals surface area contributed by atoms with Crippen LogP contribution in [0.2, 0.25) is 0 Å². The Morgan fingerprint density at radius 1 is 1.00 bits per heavy atom. The first-order valence-corrected chi connectivity index (χ1v) is 13.8. The Labute approximate surface area is 212 Å². The predicted molar refractivity (Wildman–Crippen MR) is 137 cm³/mol. The van der Waals surface area contributed by atoms with Crippen molar-refractivity contribution in [2.75, 3.05) is 40.3 Å². The number of nitrogens with zero attached hydrogens (tertiary/aromatic N) is 2. The summed E-state index contributed by atoms with van der Waals surface area (Å²) in [6.07, 6.45) is 3.55. The Bertz CT molecular complexity index is 1260. The Balaban J connectivity index is 1.72. The second-order valence-corrected chi connectivity index (χ2v) is 11.9. The van der Waals surface area contributed by atoms with Crippen LogP contribution in [0.25, 0.3) is 5.76 Å². The molecule has 192 valence electrons. The molecule has 2 aromatic carbocycles. The van der Waals surface area contributed by atoms with Crippen LogP contribution in [-0.2, 0) is 19.6 Å². The van der Waals surface area contributed by atoms with Gasteiger partial charge in [-0.1, -0.05) is 29.8 Å². The Kier molecular flexibility index (Phi) is 7.63. The number of aryl methyl sites for hydroxylation is 1. The second kappa shape index (κ2) is 10.5. The van der Waals surface area contributed by atoms with Gasteiger partial charge < -0.3 is 14.9 Å². The van der Waals surface area contributed by atoms with E-state index in [2.05, 4.69) is 0 Å². The summed E-state index contributed by atoms with van der Waals surface area (Å²) in [5, 5.41) is 11.2. The fourth-order valence-corrected chi connectivity index (χ4v) is 5.84. The van der Waals surface area contributed by atoms with Gasteiger partial charge in [0.15, 0.2) is 0 Å². The van der Waals surface area contributed by atoms with Crippen LogP contribution in [0.5, 0.6) is 0 Å². The van der Waals surface area contributed by atoms with Crippen molar-refractivity contribution in [3.8, 4) is 0 Å². The molecule has 2 aromatic rings. The first-order valence-electron chi connectivity index (χ1n) is 12.3. The number of carbonyl (C=O) groups excluding carboxylic acids is 2. The highest BCUT2D eigenvalue weighted by molar-refractivity contribution is 7.89. The monoisotopic (exact) mass is 512 g/mol. The number of carbonyl (C=O) groups is 2. The van der Waals surface area contributed by atoms with Crippen molar-refractivity contribution >= 4 is 27.5 Å². The number of Topliss-reactive ketones (excluding diaryl/α,β-unsaturated/α-hetero) is 1. The van der Waals surface area contributed by atoms with E-state index in [1.54, 1.807) is 4.90 Å². The van der Waals surface area contributed by atoms with E-state index in [0.29, 0.717) is 6.54 Å². The molecule has 2 aliphatic rings. The van der Waals surface area contributed by atoms with Crippen LogP contribution >= 0.6 is 0 Å². The van der Waals surface area contributed by atoms with Gasteiger partial charge in [-0.25, -0.2) is 12.7 Å². The molecule has 2 saturated heterocycles. The molecule has 2 fully saturated rings. The average molecular weight is 513 g/mol.